The average molecular weight is 138 g/mol. The summed E-state index contributed by atoms with van der Waals surface area (Å²) >= 11 is 1.62. The quantitative estimate of drug-likeness (QED) is 0.546. The minimum atomic E-state index is 0.669. The number of ether oxygens (including phenoxy) is 1. The second-order valence-electron chi connectivity index (χ2n) is 1.78. The van der Waals surface area contributed by atoms with Crippen molar-refractivity contribution in [2.24, 2.45) is 0 Å². The van der Waals surface area contributed by atoms with E-state index in [-0.39, 0.29) is 0 Å². The van der Waals surface area contributed by atoms with E-state index in [1.807, 2.05) is 11.4 Å². The molecular formula is C6H7BOS. The van der Waals surface area contributed by atoms with Crippen LogP contribution in [0.1, 0.15) is 4.88 Å². The number of hydrogen-bond donors (Lipinski definition) is 0. The van der Waals surface area contributed by atoms with Crippen molar-refractivity contribution in [1.82, 2.24) is 0 Å². The van der Waals surface area contributed by atoms with Crippen LogP contribution in [0.25, 0.3) is 0 Å². The summed E-state index contributed by atoms with van der Waals surface area (Å²) in [6.07, 6.45) is 0. The van der Waals surface area contributed by atoms with Crippen LogP contribution in [-0.2, 0) is 11.3 Å². The van der Waals surface area contributed by atoms with Gasteiger partial charge in [-0.3, -0.25) is 0 Å². The Hall–Kier alpha value is -0.275. The SMILES string of the molecule is [B]c1csc(COC)c1. The van der Waals surface area contributed by atoms with E-state index in [0.29, 0.717) is 6.61 Å². The Bertz CT molecular complexity index is 185. The van der Waals surface area contributed by atoms with Gasteiger partial charge in [0.2, 0.25) is 0 Å². The molecule has 0 fully saturated rings. The highest BCUT2D eigenvalue weighted by Gasteiger charge is 1.92. The third kappa shape index (κ3) is 1.84. The fraction of sp³-hybridized carbons (Fsp3) is 0.333. The minimum Gasteiger partial charge on any atom is -0.379 e. The molecule has 1 nitrogen and oxygen atoms in total. The van der Waals surface area contributed by atoms with Crippen molar-refractivity contribution in [2.45, 2.75) is 6.61 Å². The lowest BCUT2D eigenvalue weighted by Crippen LogP contribution is -1.94. The second-order valence-corrected chi connectivity index (χ2v) is 2.78. The molecule has 0 atom stereocenters. The van der Waals surface area contributed by atoms with Crippen molar-refractivity contribution in [3.63, 3.8) is 0 Å². The average Bonchev–Trinajstić information content (AvgIpc) is 2.17. The van der Waals surface area contributed by atoms with Crippen LogP contribution < -0.4 is 5.46 Å². The zero-order chi connectivity index (χ0) is 6.69. The molecule has 0 saturated carbocycles. The van der Waals surface area contributed by atoms with Gasteiger partial charge in [0.1, 0.15) is 7.85 Å². The van der Waals surface area contributed by atoms with Gasteiger partial charge in [-0.15, -0.1) is 11.3 Å². The van der Waals surface area contributed by atoms with Crippen LogP contribution in [0.4, 0.5) is 0 Å². The maximum atomic E-state index is 5.46. The van der Waals surface area contributed by atoms with E-state index in [1.54, 1.807) is 18.4 Å². The zero-order valence-electron chi connectivity index (χ0n) is 5.26. The molecule has 0 aliphatic carbocycles. The molecule has 1 aromatic heterocycles. The van der Waals surface area contributed by atoms with Gasteiger partial charge < -0.3 is 4.74 Å². The summed E-state index contributed by atoms with van der Waals surface area (Å²) < 4.78 is 4.90. The zero-order valence-corrected chi connectivity index (χ0v) is 6.07. The van der Waals surface area contributed by atoms with Crippen molar-refractivity contribution in [1.29, 1.82) is 0 Å². The highest BCUT2D eigenvalue weighted by atomic mass is 32.1. The van der Waals surface area contributed by atoms with Gasteiger partial charge in [-0.2, -0.15) is 0 Å². The van der Waals surface area contributed by atoms with E-state index >= 15 is 0 Å². The summed E-state index contributed by atoms with van der Waals surface area (Å²) in [6.45, 7) is 0.669. The largest absolute Gasteiger partial charge is 0.379 e. The third-order valence-electron chi connectivity index (χ3n) is 0.961. The van der Waals surface area contributed by atoms with Gasteiger partial charge in [-0.05, 0) is 5.38 Å². The van der Waals surface area contributed by atoms with E-state index in [9.17, 15) is 0 Å². The molecule has 3 heteroatoms. The van der Waals surface area contributed by atoms with Crippen molar-refractivity contribution in [3.05, 3.63) is 16.3 Å². The van der Waals surface area contributed by atoms with Gasteiger partial charge in [0, 0.05) is 12.0 Å². The molecule has 0 aliphatic rings. The highest BCUT2D eigenvalue weighted by molar-refractivity contribution is 7.10. The van der Waals surface area contributed by atoms with Gasteiger partial charge in [0.15, 0.2) is 0 Å². The molecule has 2 radical (unpaired) electrons. The molecule has 46 valence electrons. The Morgan fingerprint density at radius 3 is 3.00 bits per heavy atom. The molecule has 0 unspecified atom stereocenters. The predicted octanol–water partition coefficient (Wildman–Crippen LogP) is 0.688. The lowest BCUT2D eigenvalue weighted by Gasteiger charge is -1.89. The van der Waals surface area contributed by atoms with Crippen molar-refractivity contribution in [2.75, 3.05) is 7.11 Å². The van der Waals surface area contributed by atoms with Crippen molar-refractivity contribution >= 4 is 24.6 Å². The number of hydrogen-bond acceptors (Lipinski definition) is 2. The van der Waals surface area contributed by atoms with Gasteiger partial charge in [0.05, 0.1) is 6.61 Å². The van der Waals surface area contributed by atoms with Gasteiger partial charge >= 0.3 is 0 Å². The molecule has 0 bridgehead atoms. The van der Waals surface area contributed by atoms with Gasteiger partial charge in [-0.1, -0.05) is 11.5 Å². The monoisotopic (exact) mass is 138 g/mol. The van der Waals surface area contributed by atoms with Crippen LogP contribution in [0, 0.1) is 0 Å². The predicted molar refractivity (Wildman–Crippen MR) is 40.4 cm³/mol. The Morgan fingerprint density at radius 1 is 1.78 bits per heavy atom. The Kier molecular flexibility index (Phi) is 2.31. The molecule has 1 aromatic rings. The van der Waals surface area contributed by atoms with E-state index in [1.165, 1.54) is 4.88 Å². The minimum absolute atomic E-state index is 0.669. The standard InChI is InChI=1S/C6H7BOS/c1-8-3-6-2-5(7)4-9-6/h2,4H,3H2,1H3. The summed E-state index contributed by atoms with van der Waals surface area (Å²) in [6, 6.07) is 1.92. The fourth-order valence-electron chi connectivity index (χ4n) is 0.616. The number of rotatable bonds is 2. The van der Waals surface area contributed by atoms with Crippen LogP contribution in [0.2, 0.25) is 0 Å². The number of thiophene rings is 1. The molecule has 0 amide bonds. The van der Waals surface area contributed by atoms with Crippen LogP contribution in [-0.4, -0.2) is 15.0 Å². The molecular weight excluding hydrogens is 131 g/mol. The smallest absolute Gasteiger partial charge is 0.114 e. The topological polar surface area (TPSA) is 9.23 Å². The first kappa shape index (κ1) is 6.84. The fourth-order valence-corrected chi connectivity index (χ4v) is 1.36. The molecule has 0 N–H and O–H groups in total. The normalized spacial score (nSPS) is 9.89. The van der Waals surface area contributed by atoms with Crippen molar-refractivity contribution in [3.8, 4) is 0 Å². The van der Waals surface area contributed by atoms with Crippen LogP contribution in [0.5, 0.6) is 0 Å². The summed E-state index contributed by atoms with van der Waals surface area (Å²) in [5.41, 5.74) is 0.826. The summed E-state index contributed by atoms with van der Waals surface area (Å²) in [5, 5.41) is 1.91. The maximum Gasteiger partial charge on any atom is 0.114 e. The highest BCUT2D eigenvalue weighted by Crippen LogP contribution is 2.06. The molecule has 9 heavy (non-hydrogen) atoms. The van der Waals surface area contributed by atoms with Crippen LogP contribution in [0.15, 0.2) is 11.4 Å². The maximum absolute atomic E-state index is 5.46. The molecule has 0 aromatic carbocycles. The Labute approximate surface area is 60.1 Å². The second kappa shape index (κ2) is 3.04. The first-order chi connectivity index (χ1) is 4.33. The third-order valence-corrected chi connectivity index (χ3v) is 1.89. The van der Waals surface area contributed by atoms with E-state index in [2.05, 4.69) is 0 Å². The molecule has 0 aliphatic heterocycles. The van der Waals surface area contributed by atoms with Crippen LogP contribution in [0.3, 0.4) is 0 Å². The van der Waals surface area contributed by atoms with Gasteiger partial charge in [0.25, 0.3) is 0 Å². The molecule has 0 spiro atoms. The van der Waals surface area contributed by atoms with Gasteiger partial charge in [-0.25, -0.2) is 0 Å². The lowest BCUT2D eigenvalue weighted by molar-refractivity contribution is 0.187. The molecule has 1 rings (SSSR count). The summed E-state index contributed by atoms with van der Waals surface area (Å²) in [7, 11) is 7.14. The van der Waals surface area contributed by atoms with Crippen LogP contribution >= 0.6 is 11.3 Å². The summed E-state index contributed by atoms with van der Waals surface area (Å²) in [5.74, 6) is 0. The van der Waals surface area contributed by atoms with Crippen molar-refractivity contribution < 1.29 is 4.74 Å². The van der Waals surface area contributed by atoms with E-state index in [4.69, 9.17) is 12.6 Å². The Morgan fingerprint density at radius 2 is 2.56 bits per heavy atom. The lowest BCUT2D eigenvalue weighted by atomic mass is 10.0. The first-order valence-electron chi connectivity index (χ1n) is 2.65. The van der Waals surface area contributed by atoms with E-state index in [0.717, 1.165) is 5.46 Å². The molecule has 0 saturated heterocycles. The Balaban J connectivity index is 2.61. The number of methoxy groups -OCH3 is 1. The summed E-state index contributed by atoms with van der Waals surface area (Å²) in [4.78, 5) is 1.18. The van der Waals surface area contributed by atoms with E-state index < -0.39 is 0 Å². The first-order valence-corrected chi connectivity index (χ1v) is 3.52. The molecule has 1 heterocycles.